The van der Waals surface area contributed by atoms with Gasteiger partial charge in [0.25, 0.3) is 23.6 Å². The molecule has 5 aliphatic rings. The average molecular weight is 1370 g/mol. The van der Waals surface area contributed by atoms with E-state index in [4.69, 9.17) is 39.4 Å². The van der Waals surface area contributed by atoms with Gasteiger partial charge in [-0.15, -0.1) is 0 Å². The van der Waals surface area contributed by atoms with Crippen molar-refractivity contribution in [1.29, 1.82) is 0 Å². The van der Waals surface area contributed by atoms with E-state index in [1.165, 1.54) is 24.2 Å². The van der Waals surface area contributed by atoms with Gasteiger partial charge in [-0.3, -0.25) is 53.3 Å². The Labute approximate surface area is 579 Å². The van der Waals surface area contributed by atoms with Gasteiger partial charge in [0.2, 0.25) is 17.7 Å². The molecular formula is C74H83N11O15. The first-order valence-corrected chi connectivity index (χ1v) is 33.4. The highest BCUT2D eigenvalue weighted by atomic mass is 16.5. The number of carbonyl (C=O) groups is 9. The van der Waals surface area contributed by atoms with Crippen molar-refractivity contribution >= 4 is 94.1 Å². The molecule has 5 heterocycles. The summed E-state index contributed by atoms with van der Waals surface area (Å²) in [5.41, 5.74) is 12.5. The quantitative estimate of drug-likeness (QED) is 0.0168. The summed E-state index contributed by atoms with van der Waals surface area (Å²) in [7, 11) is 4.68. The Morgan fingerprint density at radius 3 is 1.64 bits per heavy atom. The number of fused-ring (bicyclic) bond motifs is 4. The lowest BCUT2D eigenvalue weighted by Gasteiger charge is -2.25. The predicted octanol–water partition coefficient (Wildman–Crippen LogP) is 9.46. The largest absolute Gasteiger partial charge is 0.497 e. The Balaban J connectivity index is 0.675. The first kappa shape index (κ1) is 71.5. The summed E-state index contributed by atoms with van der Waals surface area (Å²) in [6.45, 7) is 4.71. The Kier molecular flexibility index (Phi) is 23.8. The minimum absolute atomic E-state index is 0.0158. The smallest absolute Gasteiger partial charge is 0.407 e. The van der Waals surface area contributed by atoms with Gasteiger partial charge in [0.15, 0.2) is 23.0 Å². The highest BCUT2D eigenvalue weighted by molar-refractivity contribution is 6.13. The fourth-order valence-corrected chi connectivity index (χ4v) is 12.3. The normalized spacial score (nSPS) is 16.3. The molecule has 0 aromatic heterocycles. The van der Waals surface area contributed by atoms with Crippen LogP contribution in [0.25, 0.3) is 11.1 Å². The topological polar surface area (TPSA) is 332 Å². The van der Waals surface area contributed by atoms with E-state index >= 15 is 0 Å². The third kappa shape index (κ3) is 17.9. The average Bonchev–Trinajstić information content (AvgIpc) is 1.58. The lowest BCUT2D eigenvalue weighted by Crippen LogP contribution is -2.54. The molecule has 5 aromatic carbocycles. The van der Waals surface area contributed by atoms with Crippen LogP contribution in [0, 0.1) is 5.92 Å². The molecule has 7 N–H and O–H groups in total. The molecule has 100 heavy (non-hydrogen) atoms. The fraction of sp³-hybridized carbons (Fsp3) is 0.365. The van der Waals surface area contributed by atoms with E-state index in [0.29, 0.717) is 115 Å². The van der Waals surface area contributed by atoms with E-state index in [2.05, 4.69) is 21.3 Å². The number of carbonyl (C=O) groups excluding carboxylic acids is 8. The van der Waals surface area contributed by atoms with Gasteiger partial charge in [0, 0.05) is 100 Å². The molecule has 4 atom stereocenters. The maximum atomic E-state index is 14.2. The Morgan fingerprint density at radius 1 is 0.620 bits per heavy atom. The molecule has 0 bridgehead atoms. The first-order valence-electron chi connectivity index (χ1n) is 33.4. The molecule has 5 aromatic rings. The predicted molar refractivity (Wildman–Crippen MR) is 374 cm³/mol. The van der Waals surface area contributed by atoms with Crippen LogP contribution in [-0.2, 0) is 37.1 Å². The van der Waals surface area contributed by atoms with Crippen molar-refractivity contribution in [3.05, 3.63) is 155 Å². The molecule has 0 saturated carbocycles. The van der Waals surface area contributed by atoms with Crippen LogP contribution in [0.2, 0.25) is 0 Å². The van der Waals surface area contributed by atoms with Crippen LogP contribution >= 0.6 is 0 Å². The SMILES string of the molecule is COc1ccc(C2=CN3C(=O)c4cc(OC)c(OCCCCCOc5cc6c(cc5OC)C(=O)N5C=C(c7ccc(CN(Cc8ccc(NC(=O)[C@H](CCCNC(N)=O)NC(=O)[C@@H](NC(=O)CCCCCN9C(=O)C=CC9=O)C(C)C)cc8)C(=O)O)cc7)C[C@H]5C=N6)cc4N=C[C@@H]3C2)cc1. The van der Waals surface area contributed by atoms with E-state index in [1.54, 1.807) is 92.6 Å². The zero-order chi connectivity index (χ0) is 71.0. The maximum Gasteiger partial charge on any atom is 0.407 e. The molecule has 5 aliphatic heterocycles. The number of hydrogen-bond donors (Lipinski definition) is 6. The number of nitrogens with one attached hydrogen (secondary N) is 4. The summed E-state index contributed by atoms with van der Waals surface area (Å²) in [4.78, 5) is 132. The number of benzene rings is 5. The van der Waals surface area contributed by atoms with Crippen LogP contribution in [-0.4, -0.2) is 162 Å². The second kappa shape index (κ2) is 33.3. The minimum atomic E-state index is -1.15. The fourth-order valence-electron chi connectivity index (χ4n) is 12.3. The molecule has 10 rings (SSSR count). The minimum Gasteiger partial charge on any atom is -0.497 e. The van der Waals surface area contributed by atoms with Gasteiger partial charge in [-0.2, -0.15) is 0 Å². The number of anilines is 1. The molecule has 0 radical (unpaired) electrons. The highest BCUT2D eigenvalue weighted by Gasteiger charge is 2.36. The molecule has 10 amide bonds. The van der Waals surface area contributed by atoms with Gasteiger partial charge < -0.3 is 65.6 Å². The molecule has 0 unspecified atom stereocenters. The number of imide groups is 1. The molecule has 0 aliphatic carbocycles. The number of nitrogens with zero attached hydrogens (tertiary/aromatic N) is 6. The van der Waals surface area contributed by atoms with E-state index in [0.717, 1.165) is 44.9 Å². The summed E-state index contributed by atoms with van der Waals surface area (Å²) < 4.78 is 29.1. The molecule has 26 heteroatoms. The summed E-state index contributed by atoms with van der Waals surface area (Å²) in [5, 5.41) is 21.2. The second-order valence-corrected chi connectivity index (χ2v) is 25.1. The van der Waals surface area contributed by atoms with E-state index in [9.17, 15) is 48.3 Å². The number of aliphatic imine (C=N–C) groups is 2. The van der Waals surface area contributed by atoms with Crippen LogP contribution < -0.4 is 50.7 Å². The Bertz CT molecular complexity index is 4040. The van der Waals surface area contributed by atoms with Crippen LogP contribution in [0.4, 0.5) is 26.7 Å². The Hall–Kier alpha value is -11.3. The third-order valence-electron chi connectivity index (χ3n) is 17.8. The van der Waals surface area contributed by atoms with Crippen LogP contribution in [0.1, 0.15) is 127 Å². The van der Waals surface area contributed by atoms with Crippen molar-refractivity contribution in [3.8, 4) is 28.7 Å². The van der Waals surface area contributed by atoms with Crippen molar-refractivity contribution in [2.45, 2.75) is 122 Å². The molecule has 0 fully saturated rings. The second-order valence-electron chi connectivity index (χ2n) is 25.1. The zero-order valence-electron chi connectivity index (χ0n) is 56.5. The van der Waals surface area contributed by atoms with E-state index in [1.807, 2.05) is 67.1 Å². The highest BCUT2D eigenvalue weighted by Crippen LogP contribution is 2.42. The zero-order valence-corrected chi connectivity index (χ0v) is 56.5. The van der Waals surface area contributed by atoms with Gasteiger partial charge in [0.05, 0.1) is 69.1 Å². The van der Waals surface area contributed by atoms with E-state index < -0.39 is 36.0 Å². The number of hydrogen-bond acceptors (Lipinski definition) is 16. The number of carboxylic acid groups (broad SMARTS) is 1. The first-order chi connectivity index (χ1) is 48.3. The molecule has 26 nitrogen and oxygen atoms in total. The molecule has 524 valence electrons. The summed E-state index contributed by atoms with van der Waals surface area (Å²) in [5.74, 6) is -0.521. The number of rotatable bonds is 33. The maximum absolute atomic E-state index is 14.2. The van der Waals surface area contributed by atoms with E-state index in [-0.39, 0.29) is 93.0 Å². The van der Waals surface area contributed by atoms with Crippen molar-refractivity contribution in [2.75, 3.05) is 52.9 Å². The monoisotopic (exact) mass is 1370 g/mol. The Morgan fingerprint density at radius 2 is 1.14 bits per heavy atom. The van der Waals surface area contributed by atoms with Gasteiger partial charge in [0.1, 0.15) is 17.8 Å². The van der Waals surface area contributed by atoms with Crippen molar-refractivity contribution in [2.24, 2.45) is 21.6 Å². The van der Waals surface area contributed by atoms with Crippen molar-refractivity contribution in [1.82, 2.24) is 35.6 Å². The number of ether oxygens (including phenoxy) is 5. The molecular weight excluding hydrogens is 1280 g/mol. The number of primary amides is 1. The number of unbranched alkanes of at least 4 members (excludes halogenated alkanes) is 4. The number of urea groups is 1. The van der Waals surface area contributed by atoms with Gasteiger partial charge in [-0.1, -0.05) is 68.8 Å². The summed E-state index contributed by atoms with van der Waals surface area (Å²) in [6.07, 6.45) is 13.9. The van der Waals surface area contributed by atoms with Crippen molar-refractivity contribution < 1.29 is 71.9 Å². The molecule has 0 spiro atoms. The standard InChI is InChI=1S/C74H83N11O15/c1-45(2)68(81-65(86)14-8-6-9-30-83-66(87)27-28-67(83)88)70(90)80-58(13-12-29-76-73(75)93)69(89)79-52-23-17-47(18-24-52)42-82(74(94)95)41-46-15-19-48(20-16-46)50-33-53-39-77-59-37-63(61(97-4)35-56(59)71(91)84(53)43-50)99-31-10-7-11-32-100-64-38-60-57(36-62(64)98-5)72(92)85-44-51(34-54(85)40-78-60)49-21-25-55(96-3)26-22-49/h15-28,35-40,43-45,53-54,58,68H,6-14,29-34,41-42H2,1-5H3,(H,79,89)(H,80,90)(H,81,86)(H,94,95)(H3,75,76,93)/t53-,54-,58-,68-/m0/s1. The van der Waals surface area contributed by atoms with Crippen LogP contribution in [0.3, 0.4) is 0 Å². The van der Waals surface area contributed by atoms with Gasteiger partial charge in [-0.25, -0.2) is 9.59 Å². The van der Waals surface area contributed by atoms with Crippen LogP contribution in [0.15, 0.2) is 132 Å². The van der Waals surface area contributed by atoms with Gasteiger partial charge in [-0.05, 0) is 121 Å². The molecule has 0 saturated heterocycles. The summed E-state index contributed by atoms with van der Waals surface area (Å²) in [6, 6.07) is 25.2. The number of nitrogens with two attached hydrogens (primary N) is 1. The van der Waals surface area contributed by atoms with Crippen LogP contribution in [0.5, 0.6) is 28.7 Å². The van der Waals surface area contributed by atoms with Crippen molar-refractivity contribution in [3.63, 3.8) is 0 Å². The lowest BCUT2D eigenvalue weighted by molar-refractivity contribution is -0.137. The number of methoxy groups -OCH3 is 3. The summed E-state index contributed by atoms with van der Waals surface area (Å²) >= 11 is 0. The lowest BCUT2D eigenvalue weighted by atomic mass is 10.0. The number of amides is 10. The van der Waals surface area contributed by atoms with Gasteiger partial charge >= 0.3 is 12.1 Å². The third-order valence-corrected chi connectivity index (χ3v) is 17.8.